The van der Waals surface area contributed by atoms with Crippen LogP contribution in [0, 0.1) is 11.3 Å². The summed E-state index contributed by atoms with van der Waals surface area (Å²) >= 11 is 0. The Morgan fingerprint density at radius 1 is 1.09 bits per heavy atom. The summed E-state index contributed by atoms with van der Waals surface area (Å²) in [5.41, 5.74) is 2.51. The normalized spacial score (nSPS) is 25.2. The van der Waals surface area contributed by atoms with E-state index in [-0.39, 0.29) is 23.3 Å². The molecule has 2 aliphatic carbocycles. The minimum absolute atomic E-state index is 0.120. The van der Waals surface area contributed by atoms with Crippen molar-refractivity contribution in [1.29, 1.82) is 0 Å². The van der Waals surface area contributed by atoms with E-state index in [4.69, 9.17) is 4.98 Å². The molecule has 1 aromatic heterocycles. The molecule has 3 N–H and O–H groups in total. The summed E-state index contributed by atoms with van der Waals surface area (Å²) in [7, 11) is 0. The van der Waals surface area contributed by atoms with Crippen LogP contribution in [0.3, 0.4) is 0 Å². The number of ketones is 1. The van der Waals surface area contributed by atoms with Crippen molar-refractivity contribution in [2.24, 2.45) is 11.3 Å². The number of carbonyl (C=O) groups is 2. The average Bonchev–Trinajstić information content (AvgIpc) is 3.32. The van der Waals surface area contributed by atoms with Gasteiger partial charge in [-0.25, -0.2) is 4.98 Å². The first-order chi connectivity index (χ1) is 17.0. The highest BCUT2D eigenvalue weighted by Crippen LogP contribution is 2.52. The predicted octanol–water partition coefficient (Wildman–Crippen LogP) is 4.91. The van der Waals surface area contributed by atoms with Crippen LogP contribution >= 0.6 is 0 Å². The molecule has 2 atom stereocenters. The van der Waals surface area contributed by atoms with Crippen molar-refractivity contribution in [2.45, 2.75) is 89.0 Å². The molecular formula is C29H40N4O2. The third kappa shape index (κ3) is 5.23. The lowest BCUT2D eigenvalue weighted by Gasteiger charge is -2.47. The molecule has 3 aliphatic rings. The maximum Gasteiger partial charge on any atom is 0.223 e. The first-order valence-electron chi connectivity index (χ1n) is 13.7. The van der Waals surface area contributed by atoms with Crippen LogP contribution in [0.4, 0.5) is 0 Å². The van der Waals surface area contributed by atoms with Crippen molar-refractivity contribution in [3.8, 4) is 11.3 Å². The topological polar surface area (TPSA) is 86.9 Å². The van der Waals surface area contributed by atoms with Crippen LogP contribution in [0.5, 0.6) is 0 Å². The van der Waals surface area contributed by atoms with Gasteiger partial charge in [0.05, 0.1) is 17.3 Å². The quantitative estimate of drug-likeness (QED) is 0.402. The van der Waals surface area contributed by atoms with Gasteiger partial charge in [0.1, 0.15) is 11.6 Å². The summed E-state index contributed by atoms with van der Waals surface area (Å²) in [5.74, 6) is 1.73. The second kappa shape index (κ2) is 10.3. The monoisotopic (exact) mass is 476 g/mol. The van der Waals surface area contributed by atoms with Crippen molar-refractivity contribution in [1.82, 2.24) is 20.6 Å². The Hall–Kier alpha value is -2.47. The zero-order chi connectivity index (χ0) is 24.3. The molecule has 1 spiro atoms. The summed E-state index contributed by atoms with van der Waals surface area (Å²) in [6.07, 6.45) is 12.6. The molecule has 2 saturated carbocycles. The molecule has 2 heterocycles. The van der Waals surface area contributed by atoms with Crippen LogP contribution < -0.4 is 10.6 Å². The number of H-pyrrole nitrogens is 1. The number of nitrogens with one attached hydrogen (secondary N) is 3. The SMILES string of the molecule is CCC(=O)CCCCCC1(c2ncc(-c3ccccc3)[nH]2)CC1NC(=O)C1CCC2(CC1)CNC2. The zero-order valence-corrected chi connectivity index (χ0v) is 21.1. The maximum atomic E-state index is 13.2. The highest BCUT2D eigenvalue weighted by atomic mass is 16.2. The number of nitrogens with zero attached hydrogens (tertiary/aromatic N) is 1. The van der Waals surface area contributed by atoms with Crippen molar-refractivity contribution >= 4 is 11.7 Å². The summed E-state index contributed by atoms with van der Waals surface area (Å²) in [4.78, 5) is 33.3. The second-order valence-corrected chi connectivity index (χ2v) is 11.3. The Labute approximate surface area is 209 Å². The number of aromatic amines is 1. The average molecular weight is 477 g/mol. The minimum Gasteiger partial charge on any atom is -0.352 e. The molecule has 2 unspecified atom stereocenters. The van der Waals surface area contributed by atoms with Gasteiger partial charge in [0.25, 0.3) is 0 Å². The van der Waals surface area contributed by atoms with Gasteiger partial charge in [-0.1, -0.05) is 50.1 Å². The van der Waals surface area contributed by atoms with Crippen molar-refractivity contribution in [3.63, 3.8) is 0 Å². The van der Waals surface area contributed by atoms with E-state index in [2.05, 4.69) is 27.8 Å². The van der Waals surface area contributed by atoms with Gasteiger partial charge in [-0.05, 0) is 55.9 Å². The number of benzene rings is 1. The Balaban J connectivity index is 1.22. The number of amides is 1. The fraction of sp³-hybridized carbons (Fsp3) is 0.621. The molecule has 3 fully saturated rings. The van der Waals surface area contributed by atoms with Crippen molar-refractivity contribution in [2.75, 3.05) is 13.1 Å². The predicted molar refractivity (Wildman–Crippen MR) is 138 cm³/mol. The van der Waals surface area contributed by atoms with Gasteiger partial charge >= 0.3 is 0 Å². The summed E-state index contributed by atoms with van der Waals surface area (Å²) in [6, 6.07) is 10.4. The number of hydrogen-bond donors (Lipinski definition) is 3. The molecule has 35 heavy (non-hydrogen) atoms. The molecular weight excluding hydrogens is 436 g/mol. The van der Waals surface area contributed by atoms with Crippen molar-refractivity contribution in [3.05, 3.63) is 42.4 Å². The van der Waals surface area contributed by atoms with Crippen LogP contribution in [-0.2, 0) is 15.0 Å². The number of aromatic nitrogens is 2. The number of Topliss-reactive ketones (excluding diaryl/α,β-unsaturated/α-hetero) is 1. The number of carbonyl (C=O) groups excluding carboxylic acids is 2. The summed E-state index contributed by atoms with van der Waals surface area (Å²) in [5, 5.41) is 6.83. The smallest absolute Gasteiger partial charge is 0.223 e. The number of rotatable bonds is 11. The molecule has 0 radical (unpaired) electrons. The number of unbranched alkanes of at least 4 members (excludes halogenated alkanes) is 2. The lowest BCUT2D eigenvalue weighted by molar-refractivity contribution is -0.127. The van der Waals surface area contributed by atoms with Crippen LogP contribution in [0.15, 0.2) is 36.5 Å². The Bertz CT molecular complexity index is 1020. The third-order valence-corrected chi connectivity index (χ3v) is 8.91. The minimum atomic E-state index is -0.120. The molecule has 1 amide bonds. The molecule has 5 rings (SSSR count). The van der Waals surface area contributed by atoms with Crippen LogP contribution in [0.25, 0.3) is 11.3 Å². The van der Waals surface area contributed by atoms with Gasteiger partial charge in [-0.2, -0.15) is 0 Å². The molecule has 188 valence electrons. The Morgan fingerprint density at radius 2 is 1.86 bits per heavy atom. The highest BCUT2D eigenvalue weighted by molar-refractivity contribution is 5.80. The first kappa shape index (κ1) is 24.2. The number of hydrogen-bond acceptors (Lipinski definition) is 4. The zero-order valence-electron chi connectivity index (χ0n) is 21.1. The lowest BCUT2D eigenvalue weighted by atomic mass is 9.67. The number of imidazole rings is 1. The molecule has 2 aromatic rings. The highest BCUT2D eigenvalue weighted by Gasteiger charge is 2.58. The van der Waals surface area contributed by atoms with E-state index in [1.807, 2.05) is 31.3 Å². The summed E-state index contributed by atoms with van der Waals surface area (Å²) < 4.78 is 0. The van der Waals surface area contributed by atoms with Gasteiger partial charge in [-0.3, -0.25) is 9.59 Å². The Morgan fingerprint density at radius 3 is 2.54 bits per heavy atom. The first-order valence-corrected chi connectivity index (χ1v) is 13.7. The fourth-order valence-corrected chi connectivity index (χ4v) is 6.22. The van der Waals surface area contributed by atoms with E-state index < -0.39 is 0 Å². The van der Waals surface area contributed by atoms with E-state index >= 15 is 0 Å². The van der Waals surface area contributed by atoms with Crippen LogP contribution in [0.2, 0.25) is 0 Å². The van der Waals surface area contributed by atoms with E-state index in [0.29, 0.717) is 24.0 Å². The lowest BCUT2D eigenvalue weighted by Crippen LogP contribution is -2.55. The van der Waals surface area contributed by atoms with Gasteiger partial charge in [0, 0.05) is 37.9 Å². The molecule has 1 aromatic carbocycles. The fourth-order valence-electron chi connectivity index (χ4n) is 6.22. The van der Waals surface area contributed by atoms with Gasteiger partial charge in [0.2, 0.25) is 5.91 Å². The molecule has 6 nitrogen and oxygen atoms in total. The van der Waals surface area contributed by atoms with Gasteiger partial charge < -0.3 is 15.6 Å². The van der Waals surface area contributed by atoms with Crippen LogP contribution in [0.1, 0.15) is 83.4 Å². The van der Waals surface area contributed by atoms with Crippen LogP contribution in [-0.4, -0.2) is 40.8 Å². The molecule has 1 saturated heterocycles. The van der Waals surface area contributed by atoms with Crippen molar-refractivity contribution < 1.29 is 9.59 Å². The van der Waals surface area contributed by atoms with Gasteiger partial charge in [0.15, 0.2) is 0 Å². The Kier molecular flexibility index (Phi) is 7.10. The van der Waals surface area contributed by atoms with E-state index in [1.54, 1.807) is 0 Å². The maximum absolute atomic E-state index is 13.2. The second-order valence-electron chi connectivity index (χ2n) is 11.3. The van der Waals surface area contributed by atoms with E-state index in [0.717, 1.165) is 75.1 Å². The van der Waals surface area contributed by atoms with E-state index in [9.17, 15) is 9.59 Å². The molecule has 6 heteroatoms. The van der Waals surface area contributed by atoms with E-state index in [1.165, 1.54) is 12.8 Å². The summed E-state index contributed by atoms with van der Waals surface area (Å²) in [6.45, 7) is 4.18. The largest absolute Gasteiger partial charge is 0.352 e. The molecule has 0 bridgehead atoms. The standard InChI is InChI=1S/C29H40N4O2/c1-2-23(34)11-7-4-8-14-29(27-31-18-24(32-27)21-9-5-3-6-10-21)17-25(29)33-26(35)22-12-15-28(16-13-22)19-30-20-28/h3,5-6,9-10,18,22,25,30H,2,4,7-8,11-17,19-20H2,1H3,(H,31,32)(H,33,35). The van der Waals surface area contributed by atoms with Gasteiger partial charge in [-0.15, -0.1) is 0 Å². The molecule has 1 aliphatic heterocycles. The third-order valence-electron chi connectivity index (χ3n) is 8.91.